The first-order valence-electron chi connectivity index (χ1n) is 9.50. The standard InChI is InChI=1S/C22H23N3O4/c1-11-8-9-14(29-11)20(22(2,3)4)25-17-16(18(26)19(17)27)24-13-7-5-6-12-10-23-21(28)15(12)13/h5-9,20,24-25H,10H2,1-4H3,(H,23,28)/t20-/m0/s1. The molecule has 2 aromatic carbocycles. The van der Waals surface area contributed by atoms with Crippen LogP contribution >= 0.6 is 0 Å². The van der Waals surface area contributed by atoms with Gasteiger partial charge in [0.2, 0.25) is 0 Å². The van der Waals surface area contributed by atoms with Crippen molar-refractivity contribution in [2.75, 3.05) is 10.6 Å². The Morgan fingerprint density at radius 1 is 1.03 bits per heavy atom. The number of aryl methyl sites for hydroxylation is 1. The lowest BCUT2D eigenvalue weighted by atomic mass is 9.85. The Bertz CT molecular complexity index is 1180. The summed E-state index contributed by atoms with van der Waals surface area (Å²) in [6.45, 7) is 8.37. The van der Waals surface area contributed by atoms with Crippen molar-refractivity contribution >= 4 is 23.0 Å². The lowest BCUT2D eigenvalue weighted by molar-refractivity contribution is 0.0966. The van der Waals surface area contributed by atoms with Crippen molar-refractivity contribution in [3.63, 3.8) is 0 Å². The maximum atomic E-state index is 12.3. The maximum absolute atomic E-state index is 12.3. The first kappa shape index (κ1) is 19.0. The van der Waals surface area contributed by atoms with Crippen molar-refractivity contribution in [2.24, 2.45) is 5.41 Å². The summed E-state index contributed by atoms with van der Waals surface area (Å²) in [5.74, 6) is 1.26. The molecule has 0 saturated carbocycles. The number of furan rings is 1. The Morgan fingerprint density at radius 2 is 1.76 bits per heavy atom. The van der Waals surface area contributed by atoms with Crippen LogP contribution < -0.4 is 26.8 Å². The first-order chi connectivity index (χ1) is 13.7. The predicted octanol–water partition coefficient (Wildman–Crippen LogP) is 3.37. The molecule has 1 aromatic heterocycles. The molecule has 4 rings (SSSR count). The first-order valence-corrected chi connectivity index (χ1v) is 9.50. The Hall–Kier alpha value is -3.35. The van der Waals surface area contributed by atoms with Gasteiger partial charge in [-0.25, -0.2) is 0 Å². The third kappa shape index (κ3) is 3.22. The number of nitrogens with one attached hydrogen (secondary N) is 3. The summed E-state index contributed by atoms with van der Waals surface area (Å²) in [6.07, 6.45) is 0. The Kier molecular flexibility index (Phi) is 4.33. The van der Waals surface area contributed by atoms with Crippen LogP contribution in [0.5, 0.6) is 0 Å². The number of fused-ring (bicyclic) bond motifs is 1. The predicted molar refractivity (Wildman–Crippen MR) is 112 cm³/mol. The molecule has 1 aliphatic heterocycles. The van der Waals surface area contributed by atoms with E-state index in [1.807, 2.05) is 52.0 Å². The molecular formula is C22H23N3O4. The quantitative estimate of drug-likeness (QED) is 0.575. The number of hydrogen-bond donors (Lipinski definition) is 3. The van der Waals surface area contributed by atoms with Gasteiger partial charge in [-0.1, -0.05) is 32.9 Å². The van der Waals surface area contributed by atoms with Gasteiger partial charge in [0.25, 0.3) is 16.8 Å². The molecule has 1 amide bonds. The zero-order valence-corrected chi connectivity index (χ0v) is 16.8. The summed E-state index contributed by atoms with van der Waals surface area (Å²) in [4.78, 5) is 36.8. The summed E-state index contributed by atoms with van der Waals surface area (Å²) >= 11 is 0. The van der Waals surface area contributed by atoms with Gasteiger partial charge >= 0.3 is 0 Å². The fourth-order valence-electron chi connectivity index (χ4n) is 3.63. The van der Waals surface area contributed by atoms with E-state index in [0.717, 1.165) is 11.3 Å². The second kappa shape index (κ2) is 6.62. The number of amides is 1. The Balaban J connectivity index is 1.69. The van der Waals surface area contributed by atoms with Crippen LogP contribution in [-0.4, -0.2) is 5.91 Å². The van der Waals surface area contributed by atoms with Crippen molar-refractivity contribution in [2.45, 2.75) is 40.3 Å². The van der Waals surface area contributed by atoms with Crippen LogP contribution in [0.25, 0.3) is 0 Å². The summed E-state index contributed by atoms with van der Waals surface area (Å²) in [5, 5.41) is 8.98. The Labute approximate surface area is 167 Å². The lowest BCUT2D eigenvalue weighted by Gasteiger charge is -2.31. The molecule has 7 nitrogen and oxygen atoms in total. The molecule has 3 N–H and O–H groups in total. The monoisotopic (exact) mass is 393 g/mol. The van der Waals surface area contributed by atoms with Gasteiger partial charge < -0.3 is 20.4 Å². The Morgan fingerprint density at radius 3 is 2.41 bits per heavy atom. The SMILES string of the molecule is Cc1ccc([C@H](Nc2c(Nc3cccc4c3C(=O)NC4)c(=O)c2=O)C(C)(C)C)o1. The summed E-state index contributed by atoms with van der Waals surface area (Å²) < 4.78 is 5.78. The second-order valence-electron chi connectivity index (χ2n) is 8.45. The molecule has 7 heteroatoms. The highest BCUT2D eigenvalue weighted by molar-refractivity contribution is 6.04. The van der Waals surface area contributed by atoms with Crippen LogP contribution in [0.15, 0.2) is 44.3 Å². The average molecular weight is 393 g/mol. The van der Waals surface area contributed by atoms with Gasteiger partial charge in [0, 0.05) is 6.54 Å². The van der Waals surface area contributed by atoms with Crippen LogP contribution in [0, 0.1) is 12.3 Å². The van der Waals surface area contributed by atoms with Gasteiger partial charge in [-0.05, 0) is 36.1 Å². The number of carbonyl (C=O) groups is 1. The molecule has 0 unspecified atom stereocenters. The molecule has 0 aliphatic carbocycles. The smallest absolute Gasteiger partial charge is 0.254 e. The number of anilines is 3. The number of rotatable bonds is 5. The average Bonchev–Trinajstić information content (AvgIpc) is 3.26. The molecular weight excluding hydrogens is 370 g/mol. The number of benzene rings is 1. The fourth-order valence-corrected chi connectivity index (χ4v) is 3.63. The van der Waals surface area contributed by atoms with Crippen LogP contribution in [0.4, 0.5) is 17.1 Å². The second-order valence-corrected chi connectivity index (χ2v) is 8.45. The maximum Gasteiger partial charge on any atom is 0.254 e. The van der Waals surface area contributed by atoms with E-state index in [1.165, 1.54) is 0 Å². The van der Waals surface area contributed by atoms with E-state index in [2.05, 4.69) is 16.0 Å². The lowest BCUT2D eigenvalue weighted by Crippen LogP contribution is -2.39. The highest BCUT2D eigenvalue weighted by Gasteiger charge is 2.33. The van der Waals surface area contributed by atoms with Gasteiger partial charge in [0.15, 0.2) is 0 Å². The van der Waals surface area contributed by atoms with Crippen LogP contribution in [0.1, 0.15) is 54.3 Å². The molecule has 150 valence electrons. The van der Waals surface area contributed by atoms with E-state index in [4.69, 9.17) is 4.42 Å². The molecule has 0 radical (unpaired) electrons. The molecule has 0 saturated heterocycles. The van der Waals surface area contributed by atoms with Crippen molar-refractivity contribution in [3.05, 3.63) is 73.4 Å². The normalized spacial score (nSPS) is 14.6. The molecule has 0 fully saturated rings. The summed E-state index contributed by atoms with van der Waals surface area (Å²) in [7, 11) is 0. The molecule has 0 spiro atoms. The highest BCUT2D eigenvalue weighted by Crippen LogP contribution is 2.38. The van der Waals surface area contributed by atoms with Crippen molar-refractivity contribution < 1.29 is 9.21 Å². The van der Waals surface area contributed by atoms with E-state index < -0.39 is 10.9 Å². The van der Waals surface area contributed by atoms with E-state index >= 15 is 0 Å². The third-order valence-electron chi connectivity index (χ3n) is 5.19. The number of carbonyl (C=O) groups excluding carboxylic acids is 1. The zero-order chi connectivity index (χ0) is 20.9. The van der Waals surface area contributed by atoms with Gasteiger partial charge in [-0.3, -0.25) is 14.4 Å². The van der Waals surface area contributed by atoms with Crippen molar-refractivity contribution in [1.82, 2.24) is 5.32 Å². The van der Waals surface area contributed by atoms with E-state index in [0.29, 0.717) is 23.6 Å². The van der Waals surface area contributed by atoms with E-state index in [9.17, 15) is 14.4 Å². The summed E-state index contributed by atoms with van der Waals surface area (Å²) in [6, 6.07) is 8.80. The van der Waals surface area contributed by atoms with Crippen molar-refractivity contribution in [3.8, 4) is 0 Å². The van der Waals surface area contributed by atoms with Crippen LogP contribution in [0.3, 0.4) is 0 Å². The van der Waals surface area contributed by atoms with Gasteiger partial charge in [-0.2, -0.15) is 0 Å². The fraction of sp³-hybridized carbons (Fsp3) is 0.318. The number of hydrogen-bond acceptors (Lipinski definition) is 6. The van der Waals surface area contributed by atoms with Gasteiger partial charge in [0.05, 0.1) is 17.3 Å². The van der Waals surface area contributed by atoms with E-state index in [1.54, 1.807) is 6.07 Å². The largest absolute Gasteiger partial charge is 0.464 e. The highest BCUT2D eigenvalue weighted by atomic mass is 16.3. The van der Waals surface area contributed by atoms with Crippen LogP contribution in [-0.2, 0) is 6.54 Å². The molecule has 1 atom stereocenters. The molecule has 29 heavy (non-hydrogen) atoms. The molecule has 1 aliphatic rings. The molecule has 0 bridgehead atoms. The zero-order valence-electron chi connectivity index (χ0n) is 16.8. The topological polar surface area (TPSA) is 100 Å². The summed E-state index contributed by atoms with van der Waals surface area (Å²) in [5.41, 5.74) is 0.769. The van der Waals surface area contributed by atoms with Crippen LogP contribution in [0.2, 0.25) is 0 Å². The minimum atomic E-state index is -0.605. The van der Waals surface area contributed by atoms with Gasteiger partial charge in [-0.15, -0.1) is 0 Å². The third-order valence-corrected chi connectivity index (χ3v) is 5.19. The van der Waals surface area contributed by atoms with Crippen molar-refractivity contribution in [1.29, 1.82) is 0 Å². The minimum Gasteiger partial charge on any atom is -0.464 e. The van der Waals surface area contributed by atoms with Gasteiger partial charge in [0.1, 0.15) is 22.9 Å². The van der Waals surface area contributed by atoms with E-state index in [-0.39, 0.29) is 28.7 Å². The minimum absolute atomic E-state index is 0.167. The molecule has 2 heterocycles. The molecule has 3 aromatic rings.